The van der Waals surface area contributed by atoms with Crippen LogP contribution in [0.5, 0.6) is 0 Å². The fraction of sp³-hybridized carbons (Fsp3) is 0.0435. The topological polar surface area (TPSA) is 50.1 Å². The van der Waals surface area contributed by atoms with Gasteiger partial charge in [-0.15, -0.1) is 0 Å². The molecule has 1 aliphatic rings. The standard InChI is InChI=1S/C23H15NO2/c24-15-16-11-13-18(14-12-16)20-21(17-7-3-1-4-8-17)23(25)26-22(20)19-9-5-2-6-10-19/h1-14,22H/t22-/m1/s1. The van der Waals surface area contributed by atoms with Gasteiger partial charge in [-0.1, -0.05) is 72.8 Å². The number of carbonyl (C=O) groups is 1. The SMILES string of the molecule is N#Cc1ccc(C2=C(c3ccccc3)C(=O)O[C@@H]2c2ccccc2)cc1. The third kappa shape index (κ3) is 2.78. The van der Waals surface area contributed by atoms with E-state index in [0.717, 1.165) is 22.3 Å². The first-order valence-electron chi connectivity index (χ1n) is 8.34. The summed E-state index contributed by atoms with van der Waals surface area (Å²) in [6.45, 7) is 0. The summed E-state index contributed by atoms with van der Waals surface area (Å²) < 4.78 is 5.76. The van der Waals surface area contributed by atoms with Crippen LogP contribution >= 0.6 is 0 Å². The summed E-state index contributed by atoms with van der Waals surface area (Å²) in [7, 11) is 0. The van der Waals surface area contributed by atoms with Gasteiger partial charge in [0, 0.05) is 5.57 Å². The van der Waals surface area contributed by atoms with Gasteiger partial charge in [0.1, 0.15) is 0 Å². The highest BCUT2D eigenvalue weighted by atomic mass is 16.5. The van der Waals surface area contributed by atoms with E-state index >= 15 is 0 Å². The minimum Gasteiger partial charge on any atom is -0.449 e. The summed E-state index contributed by atoms with van der Waals surface area (Å²) in [6, 6.07) is 28.6. The highest BCUT2D eigenvalue weighted by molar-refractivity contribution is 6.28. The van der Waals surface area contributed by atoms with Gasteiger partial charge in [-0.05, 0) is 28.8 Å². The molecule has 4 rings (SSSR count). The van der Waals surface area contributed by atoms with Crippen molar-refractivity contribution in [1.82, 2.24) is 0 Å². The van der Waals surface area contributed by atoms with E-state index in [1.807, 2.05) is 72.8 Å². The third-order valence-electron chi connectivity index (χ3n) is 4.45. The summed E-state index contributed by atoms with van der Waals surface area (Å²) in [6.07, 6.45) is -0.466. The summed E-state index contributed by atoms with van der Waals surface area (Å²) in [5.74, 6) is -0.329. The monoisotopic (exact) mass is 337 g/mol. The maximum Gasteiger partial charge on any atom is 0.340 e. The lowest BCUT2D eigenvalue weighted by molar-refractivity contribution is -0.137. The first-order valence-corrected chi connectivity index (χ1v) is 8.34. The average molecular weight is 337 g/mol. The van der Waals surface area contributed by atoms with Crippen LogP contribution < -0.4 is 0 Å². The molecule has 3 nitrogen and oxygen atoms in total. The molecule has 124 valence electrons. The van der Waals surface area contributed by atoms with Crippen LogP contribution in [0, 0.1) is 11.3 Å². The maximum atomic E-state index is 12.7. The zero-order valence-corrected chi connectivity index (χ0v) is 13.9. The molecule has 0 unspecified atom stereocenters. The smallest absolute Gasteiger partial charge is 0.340 e. The van der Waals surface area contributed by atoms with Crippen LogP contribution in [0.4, 0.5) is 0 Å². The Kier molecular flexibility index (Phi) is 4.09. The minimum atomic E-state index is -0.466. The molecule has 0 amide bonds. The van der Waals surface area contributed by atoms with Crippen LogP contribution in [-0.2, 0) is 9.53 Å². The molecule has 1 atom stereocenters. The first kappa shape index (κ1) is 15.9. The fourth-order valence-corrected chi connectivity index (χ4v) is 3.23. The Morgan fingerprint density at radius 2 is 1.38 bits per heavy atom. The molecule has 0 fully saturated rings. The lowest BCUT2D eigenvalue weighted by Gasteiger charge is -2.15. The van der Waals surface area contributed by atoms with Crippen LogP contribution in [0.2, 0.25) is 0 Å². The Morgan fingerprint density at radius 1 is 0.769 bits per heavy atom. The van der Waals surface area contributed by atoms with Gasteiger partial charge in [0.15, 0.2) is 6.10 Å². The van der Waals surface area contributed by atoms with Crippen molar-refractivity contribution in [2.75, 3.05) is 0 Å². The molecule has 3 heteroatoms. The van der Waals surface area contributed by atoms with E-state index in [9.17, 15) is 4.79 Å². The Balaban J connectivity index is 1.93. The Labute approximate surface area is 151 Å². The van der Waals surface area contributed by atoms with E-state index in [2.05, 4.69) is 6.07 Å². The second-order valence-electron chi connectivity index (χ2n) is 6.04. The number of nitriles is 1. The van der Waals surface area contributed by atoms with Crippen LogP contribution in [0.1, 0.15) is 28.4 Å². The molecule has 0 bridgehead atoms. The third-order valence-corrected chi connectivity index (χ3v) is 4.45. The summed E-state index contributed by atoms with van der Waals surface area (Å²) >= 11 is 0. The normalized spacial score (nSPS) is 16.3. The number of ether oxygens (including phenoxy) is 1. The molecule has 0 spiro atoms. The van der Waals surface area contributed by atoms with Gasteiger partial charge in [0.25, 0.3) is 0 Å². The summed E-state index contributed by atoms with van der Waals surface area (Å²) in [5.41, 5.74) is 4.61. The molecular weight excluding hydrogens is 322 g/mol. The Bertz CT molecular complexity index is 1010. The van der Waals surface area contributed by atoms with Crippen molar-refractivity contribution in [2.45, 2.75) is 6.10 Å². The molecule has 0 saturated carbocycles. The van der Waals surface area contributed by atoms with Crippen molar-refractivity contribution >= 4 is 17.1 Å². The first-order chi connectivity index (χ1) is 12.8. The quantitative estimate of drug-likeness (QED) is 0.647. The highest BCUT2D eigenvalue weighted by Gasteiger charge is 2.36. The molecule has 0 aliphatic carbocycles. The predicted molar refractivity (Wildman–Crippen MR) is 99.7 cm³/mol. The molecule has 0 radical (unpaired) electrons. The zero-order chi connectivity index (χ0) is 17.9. The molecule has 0 aromatic heterocycles. The Morgan fingerprint density at radius 3 is 2.00 bits per heavy atom. The molecule has 1 heterocycles. The summed E-state index contributed by atoms with van der Waals surface area (Å²) in [5, 5.41) is 9.06. The van der Waals surface area contributed by atoms with Crippen LogP contribution in [0.25, 0.3) is 11.1 Å². The molecule has 26 heavy (non-hydrogen) atoms. The van der Waals surface area contributed by atoms with Gasteiger partial charge in [-0.25, -0.2) is 4.79 Å². The van der Waals surface area contributed by atoms with Crippen molar-refractivity contribution in [3.8, 4) is 6.07 Å². The van der Waals surface area contributed by atoms with Crippen molar-refractivity contribution in [3.05, 3.63) is 107 Å². The second kappa shape index (κ2) is 6.70. The van der Waals surface area contributed by atoms with E-state index in [-0.39, 0.29) is 5.97 Å². The number of rotatable bonds is 3. The van der Waals surface area contributed by atoms with Gasteiger partial charge in [-0.3, -0.25) is 0 Å². The molecular formula is C23H15NO2. The molecule has 3 aromatic rings. The number of hydrogen-bond acceptors (Lipinski definition) is 3. The van der Waals surface area contributed by atoms with Gasteiger partial charge in [0.05, 0.1) is 17.2 Å². The van der Waals surface area contributed by atoms with Gasteiger partial charge < -0.3 is 4.74 Å². The van der Waals surface area contributed by atoms with Crippen LogP contribution in [0.3, 0.4) is 0 Å². The molecule has 0 N–H and O–H groups in total. The number of hydrogen-bond donors (Lipinski definition) is 0. The number of nitrogens with zero attached hydrogens (tertiary/aromatic N) is 1. The van der Waals surface area contributed by atoms with E-state index in [1.54, 1.807) is 12.1 Å². The lowest BCUT2D eigenvalue weighted by Crippen LogP contribution is -2.03. The van der Waals surface area contributed by atoms with Crippen molar-refractivity contribution in [3.63, 3.8) is 0 Å². The zero-order valence-electron chi connectivity index (χ0n) is 13.9. The number of esters is 1. The van der Waals surface area contributed by atoms with Gasteiger partial charge in [0.2, 0.25) is 0 Å². The Hall–Kier alpha value is -3.64. The largest absolute Gasteiger partial charge is 0.449 e. The van der Waals surface area contributed by atoms with Crippen molar-refractivity contribution < 1.29 is 9.53 Å². The van der Waals surface area contributed by atoms with E-state index in [1.165, 1.54) is 0 Å². The van der Waals surface area contributed by atoms with Gasteiger partial charge in [-0.2, -0.15) is 5.26 Å². The van der Waals surface area contributed by atoms with E-state index < -0.39 is 6.10 Å². The maximum absolute atomic E-state index is 12.7. The highest BCUT2D eigenvalue weighted by Crippen LogP contribution is 2.45. The summed E-state index contributed by atoms with van der Waals surface area (Å²) in [4.78, 5) is 12.7. The number of cyclic esters (lactones) is 1. The van der Waals surface area contributed by atoms with Crippen molar-refractivity contribution in [1.29, 1.82) is 5.26 Å². The number of carbonyl (C=O) groups excluding carboxylic acids is 1. The molecule has 3 aromatic carbocycles. The lowest BCUT2D eigenvalue weighted by atomic mass is 9.90. The minimum absolute atomic E-state index is 0.329. The fourth-order valence-electron chi connectivity index (χ4n) is 3.23. The molecule has 0 saturated heterocycles. The predicted octanol–water partition coefficient (Wildman–Crippen LogP) is 4.77. The van der Waals surface area contributed by atoms with E-state index in [0.29, 0.717) is 11.1 Å². The van der Waals surface area contributed by atoms with Crippen LogP contribution in [0.15, 0.2) is 84.9 Å². The van der Waals surface area contributed by atoms with E-state index in [4.69, 9.17) is 10.00 Å². The second-order valence-corrected chi connectivity index (χ2v) is 6.04. The number of benzene rings is 3. The van der Waals surface area contributed by atoms with Crippen LogP contribution in [-0.4, -0.2) is 5.97 Å². The van der Waals surface area contributed by atoms with Crippen molar-refractivity contribution in [2.24, 2.45) is 0 Å². The molecule has 1 aliphatic heterocycles. The average Bonchev–Trinajstić information content (AvgIpc) is 3.06. The van der Waals surface area contributed by atoms with Gasteiger partial charge >= 0.3 is 5.97 Å².